The summed E-state index contributed by atoms with van der Waals surface area (Å²) in [5.74, 6) is 3.19. The number of rotatable bonds is 7. The zero-order valence-corrected chi connectivity index (χ0v) is 8.71. The summed E-state index contributed by atoms with van der Waals surface area (Å²) in [5, 5.41) is 12.1. The van der Waals surface area contributed by atoms with Crippen LogP contribution in [0.2, 0.25) is 0 Å². The molecular formula is C11H21NO. The third kappa shape index (κ3) is 6.62. The van der Waals surface area contributed by atoms with Crippen LogP contribution in [0.1, 0.15) is 33.1 Å². The third-order valence-electron chi connectivity index (χ3n) is 2.20. The summed E-state index contributed by atoms with van der Waals surface area (Å²) in [6.07, 6.45) is 8.44. The molecule has 0 saturated carbocycles. The Bertz CT molecular complexity index is 145. The van der Waals surface area contributed by atoms with Crippen molar-refractivity contribution in [2.75, 3.05) is 13.2 Å². The molecule has 76 valence electrons. The Morgan fingerprint density at radius 2 is 2.15 bits per heavy atom. The minimum Gasteiger partial charge on any atom is -0.396 e. The Morgan fingerprint density at radius 3 is 2.62 bits per heavy atom. The molecule has 2 unspecified atom stereocenters. The molecule has 0 aliphatic rings. The average Bonchev–Trinajstić information content (AvgIpc) is 2.14. The molecule has 2 nitrogen and oxygen atoms in total. The molecule has 0 bridgehead atoms. The molecule has 0 rings (SSSR count). The third-order valence-corrected chi connectivity index (χ3v) is 2.20. The fourth-order valence-electron chi connectivity index (χ4n) is 1.34. The number of hydrogen-bond acceptors (Lipinski definition) is 2. The number of terminal acetylenes is 1. The SMILES string of the molecule is C#CC(C)NCC(CCC)CCO. The largest absolute Gasteiger partial charge is 0.396 e. The van der Waals surface area contributed by atoms with Crippen molar-refractivity contribution in [2.45, 2.75) is 39.2 Å². The van der Waals surface area contributed by atoms with Crippen LogP contribution in [0.25, 0.3) is 0 Å². The Hall–Kier alpha value is -0.520. The minimum atomic E-state index is 0.137. The number of nitrogens with one attached hydrogen (secondary N) is 1. The van der Waals surface area contributed by atoms with Crippen LogP contribution in [0.4, 0.5) is 0 Å². The smallest absolute Gasteiger partial charge is 0.0658 e. The van der Waals surface area contributed by atoms with E-state index in [1.54, 1.807) is 0 Å². The van der Waals surface area contributed by atoms with Gasteiger partial charge in [-0.3, -0.25) is 0 Å². The summed E-state index contributed by atoms with van der Waals surface area (Å²) in [6, 6.07) is 0.137. The van der Waals surface area contributed by atoms with Crippen LogP contribution >= 0.6 is 0 Å². The topological polar surface area (TPSA) is 32.3 Å². The second-order valence-corrected chi connectivity index (χ2v) is 3.46. The lowest BCUT2D eigenvalue weighted by Gasteiger charge is -2.16. The van der Waals surface area contributed by atoms with Crippen LogP contribution in [-0.2, 0) is 0 Å². The number of hydrogen-bond donors (Lipinski definition) is 2. The van der Waals surface area contributed by atoms with Crippen LogP contribution in [0, 0.1) is 18.3 Å². The zero-order chi connectivity index (χ0) is 10.1. The quantitative estimate of drug-likeness (QED) is 0.585. The normalized spacial score (nSPS) is 14.9. The standard InChI is InChI=1S/C11H21NO/c1-4-6-11(7-8-13)9-12-10(3)5-2/h2,10-13H,4,6-9H2,1,3H3. The Labute approximate surface area is 81.7 Å². The lowest BCUT2D eigenvalue weighted by molar-refractivity contribution is 0.247. The first-order valence-corrected chi connectivity index (χ1v) is 5.05. The van der Waals surface area contributed by atoms with Crippen LogP contribution in [0.3, 0.4) is 0 Å². The van der Waals surface area contributed by atoms with E-state index in [0.29, 0.717) is 5.92 Å². The highest BCUT2D eigenvalue weighted by atomic mass is 16.3. The van der Waals surface area contributed by atoms with E-state index in [9.17, 15) is 0 Å². The molecule has 0 heterocycles. The molecule has 0 spiro atoms. The van der Waals surface area contributed by atoms with E-state index in [1.165, 1.54) is 0 Å². The number of aliphatic hydroxyl groups is 1. The van der Waals surface area contributed by atoms with E-state index in [-0.39, 0.29) is 12.6 Å². The maximum absolute atomic E-state index is 8.82. The monoisotopic (exact) mass is 183 g/mol. The molecule has 2 atom stereocenters. The second-order valence-electron chi connectivity index (χ2n) is 3.46. The Kier molecular flexibility index (Phi) is 7.77. The Morgan fingerprint density at radius 1 is 1.46 bits per heavy atom. The Balaban J connectivity index is 3.62. The molecule has 0 aromatic heterocycles. The first-order chi connectivity index (χ1) is 6.24. The molecule has 2 N–H and O–H groups in total. The summed E-state index contributed by atoms with van der Waals surface area (Å²) < 4.78 is 0. The fourth-order valence-corrected chi connectivity index (χ4v) is 1.34. The van der Waals surface area contributed by atoms with Gasteiger partial charge in [-0.1, -0.05) is 19.3 Å². The summed E-state index contributed by atoms with van der Waals surface area (Å²) in [5.41, 5.74) is 0. The van der Waals surface area contributed by atoms with Gasteiger partial charge < -0.3 is 10.4 Å². The van der Waals surface area contributed by atoms with Crippen molar-refractivity contribution in [1.29, 1.82) is 0 Å². The summed E-state index contributed by atoms with van der Waals surface area (Å²) in [7, 11) is 0. The summed E-state index contributed by atoms with van der Waals surface area (Å²) in [6.45, 7) is 5.33. The lowest BCUT2D eigenvalue weighted by atomic mass is 10.00. The van der Waals surface area contributed by atoms with E-state index in [1.807, 2.05) is 6.92 Å². The van der Waals surface area contributed by atoms with E-state index in [2.05, 4.69) is 18.2 Å². The van der Waals surface area contributed by atoms with Gasteiger partial charge in [-0.2, -0.15) is 0 Å². The maximum Gasteiger partial charge on any atom is 0.0658 e. The van der Waals surface area contributed by atoms with Crippen molar-refractivity contribution in [3.05, 3.63) is 0 Å². The van der Waals surface area contributed by atoms with Crippen molar-refractivity contribution in [1.82, 2.24) is 5.32 Å². The van der Waals surface area contributed by atoms with Crippen LogP contribution in [0.15, 0.2) is 0 Å². The van der Waals surface area contributed by atoms with Gasteiger partial charge in [-0.15, -0.1) is 6.42 Å². The molecule has 13 heavy (non-hydrogen) atoms. The van der Waals surface area contributed by atoms with E-state index in [4.69, 9.17) is 11.5 Å². The van der Waals surface area contributed by atoms with Gasteiger partial charge in [0.15, 0.2) is 0 Å². The van der Waals surface area contributed by atoms with Crippen LogP contribution < -0.4 is 5.32 Å². The fraction of sp³-hybridized carbons (Fsp3) is 0.818. The van der Waals surface area contributed by atoms with Crippen LogP contribution in [0.5, 0.6) is 0 Å². The zero-order valence-electron chi connectivity index (χ0n) is 8.71. The van der Waals surface area contributed by atoms with Gasteiger partial charge in [0.05, 0.1) is 6.04 Å². The molecular weight excluding hydrogens is 162 g/mol. The molecule has 0 saturated heterocycles. The first-order valence-electron chi connectivity index (χ1n) is 5.05. The minimum absolute atomic E-state index is 0.137. The van der Waals surface area contributed by atoms with Crippen molar-refractivity contribution in [3.8, 4) is 12.3 Å². The highest BCUT2D eigenvalue weighted by Crippen LogP contribution is 2.09. The number of aliphatic hydroxyl groups excluding tert-OH is 1. The molecule has 0 aromatic rings. The molecule has 0 radical (unpaired) electrons. The van der Waals surface area contributed by atoms with Gasteiger partial charge >= 0.3 is 0 Å². The van der Waals surface area contributed by atoms with Gasteiger partial charge in [0.2, 0.25) is 0 Å². The van der Waals surface area contributed by atoms with Gasteiger partial charge in [0.25, 0.3) is 0 Å². The average molecular weight is 183 g/mol. The molecule has 0 aliphatic carbocycles. The van der Waals surface area contributed by atoms with E-state index < -0.39 is 0 Å². The van der Waals surface area contributed by atoms with Crippen molar-refractivity contribution in [3.63, 3.8) is 0 Å². The van der Waals surface area contributed by atoms with Gasteiger partial charge in [0.1, 0.15) is 0 Å². The second kappa shape index (κ2) is 8.10. The van der Waals surface area contributed by atoms with E-state index >= 15 is 0 Å². The van der Waals surface area contributed by atoms with Gasteiger partial charge in [0, 0.05) is 6.61 Å². The highest BCUT2D eigenvalue weighted by Gasteiger charge is 2.07. The predicted octanol–water partition coefficient (Wildman–Crippen LogP) is 1.40. The highest BCUT2D eigenvalue weighted by molar-refractivity contribution is 4.95. The summed E-state index contributed by atoms with van der Waals surface area (Å²) >= 11 is 0. The summed E-state index contributed by atoms with van der Waals surface area (Å²) in [4.78, 5) is 0. The van der Waals surface area contributed by atoms with Crippen molar-refractivity contribution < 1.29 is 5.11 Å². The van der Waals surface area contributed by atoms with Gasteiger partial charge in [-0.25, -0.2) is 0 Å². The molecule has 0 aliphatic heterocycles. The maximum atomic E-state index is 8.82. The molecule has 0 amide bonds. The predicted molar refractivity (Wildman–Crippen MR) is 56.4 cm³/mol. The van der Waals surface area contributed by atoms with Crippen molar-refractivity contribution in [2.24, 2.45) is 5.92 Å². The van der Waals surface area contributed by atoms with E-state index in [0.717, 1.165) is 25.8 Å². The van der Waals surface area contributed by atoms with Crippen molar-refractivity contribution >= 4 is 0 Å². The lowest BCUT2D eigenvalue weighted by Crippen LogP contribution is -2.30. The van der Waals surface area contributed by atoms with Crippen LogP contribution in [-0.4, -0.2) is 24.3 Å². The van der Waals surface area contributed by atoms with Gasteiger partial charge in [-0.05, 0) is 32.2 Å². The molecule has 0 aromatic carbocycles. The first kappa shape index (κ1) is 12.5. The molecule has 2 heteroatoms. The molecule has 0 fully saturated rings.